The van der Waals surface area contributed by atoms with Gasteiger partial charge in [-0.2, -0.15) is 0 Å². The molecule has 1 atom stereocenters. The molecule has 0 fully saturated rings. The van der Waals surface area contributed by atoms with Crippen molar-refractivity contribution < 1.29 is 14.3 Å². The zero-order valence-corrected chi connectivity index (χ0v) is 17.9. The molecular weight excluding hydrogens is 408 g/mol. The average molecular weight is 433 g/mol. The minimum atomic E-state index is -0.475. The van der Waals surface area contributed by atoms with E-state index in [1.54, 1.807) is 20.0 Å². The van der Waals surface area contributed by atoms with Gasteiger partial charge in [-0.1, -0.05) is 34.0 Å². The van der Waals surface area contributed by atoms with Crippen molar-refractivity contribution in [1.29, 1.82) is 0 Å². The highest BCUT2D eigenvalue weighted by atomic mass is 79.9. The van der Waals surface area contributed by atoms with Crippen LogP contribution in [0.25, 0.3) is 10.9 Å². The van der Waals surface area contributed by atoms with Crippen LogP contribution in [0.2, 0.25) is 0 Å². The number of amides is 1. The SMILES string of the molecule is C#CCN(C(=O)OC(C)C)C(Br)c1ccc(OC(C)(C)C)c2ncccc12. The fourth-order valence-corrected chi connectivity index (χ4v) is 3.27. The maximum absolute atomic E-state index is 12.5. The molecule has 0 radical (unpaired) electrons. The Bertz CT molecular complexity index is 853. The summed E-state index contributed by atoms with van der Waals surface area (Å²) in [6.07, 6.45) is 6.47. The number of hydrogen-bond acceptors (Lipinski definition) is 4. The molecule has 6 heteroatoms. The third-order valence-electron chi connectivity index (χ3n) is 3.55. The Labute approximate surface area is 169 Å². The van der Waals surface area contributed by atoms with E-state index < -0.39 is 11.0 Å². The Kier molecular flexibility index (Phi) is 6.72. The maximum atomic E-state index is 12.5. The largest absolute Gasteiger partial charge is 0.486 e. The lowest BCUT2D eigenvalue weighted by Gasteiger charge is -2.28. The molecule has 0 N–H and O–H groups in total. The fraction of sp³-hybridized carbons (Fsp3) is 0.429. The molecule has 0 aliphatic rings. The number of ether oxygens (including phenoxy) is 2. The van der Waals surface area contributed by atoms with Crippen molar-refractivity contribution in [2.24, 2.45) is 0 Å². The standard InChI is InChI=1S/C21H25BrN2O3/c1-7-13-24(20(25)26-14(2)3)19(22)16-10-11-17(27-21(4,5)6)18-15(16)9-8-12-23-18/h1,8-12,14,19H,13H2,2-6H3. The van der Waals surface area contributed by atoms with Crippen molar-refractivity contribution in [3.8, 4) is 18.1 Å². The van der Waals surface area contributed by atoms with Crippen molar-refractivity contribution >= 4 is 32.9 Å². The fourth-order valence-electron chi connectivity index (χ4n) is 2.56. The molecule has 27 heavy (non-hydrogen) atoms. The van der Waals surface area contributed by atoms with Crippen molar-refractivity contribution in [3.63, 3.8) is 0 Å². The first kappa shape index (κ1) is 21.0. The van der Waals surface area contributed by atoms with Crippen LogP contribution in [0.15, 0.2) is 30.5 Å². The van der Waals surface area contributed by atoms with Gasteiger partial charge < -0.3 is 9.47 Å². The Morgan fingerprint density at radius 2 is 2.04 bits per heavy atom. The van der Waals surface area contributed by atoms with Crippen LogP contribution in [0.1, 0.15) is 45.1 Å². The summed E-state index contributed by atoms with van der Waals surface area (Å²) < 4.78 is 11.4. The van der Waals surface area contributed by atoms with Crippen LogP contribution in [-0.4, -0.2) is 34.2 Å². The first-order chi connectivity index (χ1) is 12.6. The smallest absolute Gasteiger partial charge is 0.412 e. The van der Waals surface area contributed by atoms with E-state index in [0.717, 1.165) is 16.5 Å². The summed E-state index contributed by atoms with van der Waals surface area (Å²) in [6.45, 7) is 9.67. The number of alkyl halides is 1. The summed E-state index contributed by atoms with van der Waals surface area (Å²) in [5.74, 6) is 3.21. The van der Waals surface area contributed by atoms with E-state index in [9.17, 15) is 4.79 Å². The molecule has 1 aromatic carbocycles. The lowest BCUT2D eigenvalue weighted by Crippen LogP contribution is -2.34. The van der Waals surface area contributed by atoms with Gasteiger partial charge in [0.2, 0.25) is 0 Å². The van der Waals surface area contributed by atoms with Gasteiger partial charge in [-0.15, -0.1) is 6.42 Å². The van der Waals surface area contributed by atoms with Crippen LogP contribution in [0.5, 0.6) is 5.75 Å². The van der Waals surface area contributed by atoms with E-state index in [4.69, 9.17) is 15.9 Å². The van der Waals surface area contributed by atoms with Crippen LogP contribution in [0.3, 0.4) is 0 Å². The monoisotopic (exact) mass is 432 g/mol. The number of nitrogens with zero attached hydrogens (tertiary/aromatic N) is 2. The number of fused-ring (bicyclic) bond motifs is 1. The second-order valence-corrected chi connectivity index (χ2v) is 8.23. The van der Waals surface area contributed by atoms with Gasteiger partial charge in [-0.05, 0) is 52.3 Å². The molecule has 0 aliphatic heterocycles. The van der Waals surface area contributed by atoms with E-state index in [2.05, 4.69) is 26.8 Å². The molecule has 1 unspecified atom stereocenters. The topological polar surface area (TPSA) is 51.7 Å². The highest BCUT2D eigenvalue weighted by Crippen LogP contribution is 2.37. The first-order valence-corrected chi connectivity index (χ1v) is 9.67. The summed E-state index contributed by atoms with van der Waals surface area (Å²) in [5, 5.41) is 0.875. The Balaban J connectivity index is 2.49. The molecule has 0 aliphatic carbocycles. The van der Waals surface area contributed by atoms with Crippen molar-refractivity contribution in [1.82, 2.24) is 9.88 Å². The van der Waals surface area contributed by atoms with Gasteiger partial charge in [0.1, 0.15) is 21.8 Å². The average Bonchev–Trinajstić information content (AvgIpc) is 2.57. The van der Waals surface area contributed by atoms with Crippen LogP contribution in [-0.2, 0) is 4.74 Å². The number of rotatable bonds is 5. The summed E-state index contributed by atoms with van der Waals surface area (Å²) in [5.41, 5.74) is 1.23. The molecule has 0 bridgehead atoms. The normalized spacial score (nSPS) is 12.5. The van der Waals surface area contributed by atoms with Gasteiger partial charge in [0, 0.05) is 11.6 Å². The van der Waals surface area contributed by atoms with E-state index in [1.807, 2.05) is 45.0 Å². The molecular formula is C21H25BrN2O3. The third-order valence-corrected chi connectivity index (χ3v) is 4.53. The maximum Gasteiger partial charge on any atom is 0.412 e. The molecule has 0 saturated heterocycles. The van der Waals surface area contributed by atoms with E-state index in [0.29, 0.717) is 5.75 Å². The van der Waals surface area contributed by atoms with E-state index in [-0.39, 0.29) is 18.2 Å². The van der Waals surface area contributed by atoms with Gasteiger partial charge in [0.25, 0.3) is 0 Å². The molecule has 5 nitrogen and oxygen atoms in total. The van der Waals surface area contributed by atoms with Crippen molar-refractivity contribution in [2.45, 2.75) is 51.3 Å². The van der Waals surface area contributed by atoms with Crippen LogP contribution < -0.4 is 4.74 Å². The number of halogens is 1. The Morgan fingerprint density at radius 1 is 1.33 bits per heavy atom. The molecule has 0 spiro atoms. The van der Waals surface area contributed by atoms with Gasteiger partial charge in [0.05, 0.1) is 12.6 Å². The van der Waals surface area contributed by atoms with Gasteiger partial charge >= 0.3 is 6.09 Å². The lowest BCUT2D eigenvalue weighted by molar-refractivity contribution is 0.0784. The quantitative estimate of drug-likeness (QED) is 0.366. The van der Waals surface area contributed by atoms with Gasteiger partial charge in [-0.3, -0.25) is 9.88 Å². The number of terminal acetylenes is 1. The summed E-state index contributed by atoms with van der Waals surface area (Å²) >= 11 is 3.61. The predicted molar refractivity (Wildman–Crippen MR) is 111 cm³/mol. The molecule has 1 heterocycles. The number of pyridine rings is 1. The number of carbonyl (C=O) groups is 1. The zero-order valence-electron chi connectivity index (χ0n) is 16.3. The zero-order chi connectivity index (χ0) is 20.2. The molecule has 2 aromatic rings. The highest BCUT2D eigenvalue weighted by molar-refractivity contribution is 9.09. The summed E-state index contributed by atoms with van der Waals surface area (Å²) in [6, 6.07) is 7.58. The predicted octanol–water partition coefficient (Wildman–Crippen LogP) is 5.29. The summed E-state index contributed by atoms with van der Waals surface area (Å²) in [4.78, 5) is 18.0. The number of hydrogen-bond donors (Lipinski definition) is 0. The van der Waals surface area contributed by atoms with Crippen molar-refractivity contribution in [2.75, 3.05) is 6.54 Å². The van der Waals surface area contributed by atoms with Crippen molar-refractivity contribution in [3.05, 3.63) is 36.0 Å². The van der Waals surface area contributed by atoms with E-state index in [1.165, 1.54) is 4.90 Å². The lowest BCUT2D eigenvalue weighted by atomic mass is 10.1. The third kappa shape index (κ3) is 5.36. The molecule has 0 saturated carbocycles. The second-order valence-electron chi connectivity index (χ2n) is 7.37. The number of carbonyl (C=O) groups excluding carboxylic acids is 1. The van der Waals surface area contributed by atoms with E-state index >= 15 is 0 Å². The second kappa shape index (κ2) is 8.62. The summed E-state index contributed by atoms with van der Waals surface area (Å²) in [7, 11) is 0. The van der Waals surface area contributed by atoms with Gasteiger partial charge in [0.15, 0.2) is 0 Å². The van der Waals surface area contributed by atoms with Crippen LogP contribution in [0.4, 0.5) is 4.79 Å². The Hall–Kier alpha value is -2.26. The molecule has 2 rings (SSSR count). The van der Waals surface area contributed by atoms with Crippen LogP contribution >= 0.6 is 15.9 Å². The van der Waals surface area contributed by atoms with Gasteiger partial charge in [-0.25, -0.2) is 4.79 Å². The minimum absolute atomic E-state index is 0.115. The molecule has 1 amide bonds. The minimum Gasteiger partial charge on any atom is -0.486 e. The molecule has 1 aromatic heterocycles. The Morgan fingerprint density at radius 3 is 2.63 bits per heavy atom. The number of aromatic nitrogens is 1. The highest BCUT2D eigenvalue weighted by Gasteiger charge is 2.27. The first-order valence-electron chi connectivity index (χ1n) is 8.75. The van der Waals surface area contributed by atoms with Crippen LogP contribution in [0, 0.1) is 12.3 Å². The molecule has 144 valence electrons. The number of benzene rings is 1.